The number of nitrogens with one attached hydrogen (secondary N) is 2. The molecule has 0 radical (unpaired) electrons. The number of rotatable bonds is 6. The summed E-state index contributed by atoms with van der Waals surface area (Å²) in [5, 5.41) is 6.81. The van der Waals surface area contributed by atoms with Crippen LogP contribution < -0.4 is 10.6 Å². The second-order valence-corrected chi connectivity index (χ2v) is 6.80. The Balaban J connectivity index is 1.86. The largest absolute Gasteiger partial charge is 0.450 e. The van der Waals surface area contributed by atoms with Crippen LogP contribution in [0.3, 0.4) is 0 Å². The molecule has 150 valence electrons. The first-order valence-electron chi connectivity index (χ1n) is 9.72. The Kier molecular flexibility index (Phi) is 8.44. The Labute approximate surface area is 156 Å². The maximum Gasteiger partial charge on any atom is 0.409 e. The average Bonchev–Trinajstić information content (AvgIpc) is 2.68. The van der Waals surface area contributed by atoms with Gasteiger partial charge in [0.05, 0.1) is 18.8 Å². The van der Waals surface area contributed by atoms with E-state index in [4.69, 9.17) is 19.2 Å². The van der Waals surface area contributed by atoms with Crippen LogP contribution in [-0.4, -0.2) is 81.7 Å². The molecule has 0 aliphatic carbocycles. The van der Waals surface area contributed by atoms with Gasteiger partial charge in [0, 0.05) is 58.8 Å². The van der Waals surface area contributed by atoms with Gasteiger partial charge in [-0.3, -0.25) is 4.99 Å². The summed E-state index contributed by atoms with van der Waals surface area (Å²) in [6, 6.07) is 0.298. The fourth-order valence-corrected chi connectivity index (χ4v) is 3.33. The lowest BCUT2D eigenvalue weighted by atomic mass is 9.94. The molecule has 2 aliphatic rings. The SMILES string of the molecule is CCNC(=NCC1(OC)CCOCC1)NC1CCN(C(=O)OCC)CC1. The van der Waals surface area contributed by atoms with E-state index in [9.17, 15) is 4.79 Å². The van der Waals surface area contributed by atoms with Crippen LogP contribution in [0.1, 0.15) is 39.5 Å². The first kappa shape index (κ1) is 20.8. The minimum Gasteiger partial charge on any atom is -0.450 e. The summed E-state index contributed by atoms with van der Waals surface area (Å²) in [6.45, 7) is 8.57. The van der Waals surface area contributed by atoms with Crippen molar-refractivity contribution in [2.45, 2.75) is 51.2 Å². The zero-order chi connectivity index (χ0) is 18.8. The summed E-state index contributed by atoms with van der Waals surface area (Å²) >= 11 is 0. The number of carbonyl (C=O) groups is 1. The Bertz CT molecular complexity index is 458. The normalized spacial score (nSPS) is 21.3. The highest BCUT2D eigenvalue weighted by molar-refractivity contribution is 5.80. The summed E-state index contributed by atoms with van der Waals surface area (Å²) < 4.78 is 16.3. The Hall–Kier alpha value is -1.54. The van der Waals surface area contributed by atoms with Crippen molar-refractivity contribution in [3.63, 3.8) is 0 Å². The highest BCUT2D eigenvalue weighted by atomic mass is 16.6. The van der Waals surface area contributed by atoms with Crippen LogP contribution >= 0.6 is 0 Å². The number of amides is 1. The van der Waals surface area contributed by atoms with Gasteiger partial charge in [0.2, 0.25) is 0 Å². The highest BCUT2D eigenvalue weighted by Gasteiger charge is 2.32. The van der Waals surface area contributed by atoms with Crippen molar-refractivity contribution in [3.8, 4) is 0 Å². The van der Waals surface area contributed by atoms with Crippen molar-refractivity contribution in [2.75, 3.05) is 53.1 Å². The number of piperidine rings is 1. The van der Waals surface area contributed by atoms with Crippen LogP contribution in [0.5, 0.6) is 0 Å². The molecular formula is C18H34N4O4. The summed E-state index contributed by atoms with van der Waals surface area (Å²) in [7, 11) is 1.76. The van der Waals surface area contributed by atoms with E-state index >= 15 is 0 Å². The van der Waals surface area contributed by atoms with Crippen molar-refractivity contribution in [2.24, 2.45) is 4.99 Å². The van der Waals surface area contributed by atoms with E-state index in [-0.39, 0.29) is 11.7 Å². The third-order valence-electron chi connectivity index (χ3n) is 5.07. The lowest BCUT2D eigenvalue weighted by Gasteiger charge is -2.35. The number of ether oxygens (including phenoxy) is 3. The molecule has 2 rings (SSSR count). The molecule has 0 aromatic heterocycles. The molecule has 2 fully saturated rings. The molecule has 0 atom stereocenters. The van der Waals surface area contributed by atoms with Crippen LogP contribution in [-0.2, 0) is 14.2 Å². The molecule has 26 heavy (non-hydrogen) atoms. The average molecular weight is 370 g/mol. The number of hydrogen-bond donors (Lipinski definition) is 2. The van der Waals surface area contributed by atoms with Crippen molar-refractivity contribution in [1.29, 1.82) is 0 Å². The van der Waals surface area contributed by atoms with Gasteiger partial charge in [-0.25, -0.2) is 4.79 Å². The summed E-state index contributed by atoms with van der Waals surface area (Å²) in [6.07, 6.45) is 3.28. The second-order valence-electron chi connectivity index (χ2n) is 6.80. The number of nitrogens with zero attached hydrogens (tertiary/aromatic N) is 2. The number of carbonyl (C=O) groups excluding carboxylic acids is 1. The van der Waals surface area contributed by atoms with Gasteiger partial charge in [-0.2, -0.15) is 0 Å². The zero-order valence-electron chi connectivity index (χ0n) is 16.4. The standard InChI is InChI=1S/C18H34N4O4/c1-4-19-16(20-14-18(24-3)8-12-25-13-9-18)21-15-6-10-22(11-7-15)17(23)26-5-2/h15H,4-14H2,1-3H3,(H2,19,20,21). The van der Waals surface area contributed by atoms with Gasteiger partial charge in [-0.1, -0.05) is 0 Å². The van der Waals surface area contributed by atoms with Crippen LogP contribution in [0.2, 0.25) is 0 Å². The fraction of sp³-hybridized carbons (Fsp3) is 0.889. The second kappa shape index (κ2) is 10.6. The number of methoxy groups -OCH3 is 1. The monoisotopic (exact) mass is 370 g/mol. The zero-order valence-corrected chi connectivity index (χ0v) is 16.4. The van der Waals surface area contributed by atoms with Gasteiger partial charge in [0.15, 0.2) is 5.96 Å². The Morgan fingerprint density at radius 2 is 1.96 bits per heavy atom. The summed E-state index contributed by atoms with van der Waals surface area (Å²) in [4.78, 5) is 18.3. The van der Waals surface area contributed by atoms with Crippen molar-refractivity contribution in [1.82, 2.24) is 15.5 Å². The van der Waals surface area contributed by atoms with Gasteiger partial charge in [-0.05, 0) is 26.7 Å². The first-order valence-corrected chi connectivity index (χ1v) is 9.72. The molecule has 0 spiro atoms. The van der Waals surface area contributed by atoms with Crippen LogP contribution in [0.4, 0.5) is 4.79 Å². The first-order chi connectivity index (χ1) is 12.6. The van der Waals surface area contributed by atoms with Crippen LogP contribution in [0.25, 0.3) is 0 Å². The van der Waals surface area contributed by atoms with Gasteiger partial charge >= 0.3 is 6.09 Å². The van der Waals surface area contributed by atoms with Gasteiger partial charge in [0.25, 0.3) is 0 Å². The van der Waals surface area contributed by atoms with E-state index in [1.165, 1.54) is 0 Å². The van der Waals surface area contributed by atoms with Crippen LogP contribution in [0.15, 0.2) is 4.99 Å². The molecule has 0 bridgehead atoms. The van der Waals surface area contributed by atoms with E-state index in [1.54, 1.807) is 12.0 Å². The molecular weight excluding hydrogens is 336 g/mol. The predicted molar refractivity (Wildman–Crippen MR) is 101 cm³/mol. The van der Waals surface area contributed by atoms with Gasteiger partial charge in [-0.15, -0.1) is 0 Å². The number of aliphatic imine (C=N–C) groups is 1. The Morgan fingerprint density at radius 1 is 1.27 bits per heavy atom. The van der Waals surface area contributed by atoms with E-state index < -0.39 is 0 Å². The molecule has 0 aromatic carbocycles. The molecule has 1 amide bonds. The lowest BCUT2D eigenvalue weighted by molar-refractivity contribution is -0.0829. The van der Waals surface area contributed by atoms with Gasteiger partial charge < -0.3 is 29.7 Å². The number of guanidine groups is 1. The van der Waals surface area contributed by atoms with Crippen molar-refractivity contribution >= 4 is 12.1 Å². The summed E-state index contributed by atoms with van der Waals surface area (Å²) in [5.41, 5.74) is -0.228. The fourth-order valence-electron chi connectivity index (χ4n) is 3.33. The third kappa shape index (κ3) is 6.02. The van der Waals surface area contributed by atoms with Gasteiger partial charge in [0.1, 0.15) is 0 Å². The molecule has 0 aromatic rings. The van der Waals surface area contributed by atoms with E-state index in [2.05, 4.69) is 17.6 Å². The number of hydrogen-bond acceptors (Lipinski definition) is 5. The lowest BCUT2D eigenvalue weighted by Crippen LogP contribution is -2.50. The molecule has 2 aliphatic heterocycles. The molecule has 0 unspecified atom stereocenters. The number of likely N-dealkylation sites (tertiary alicyclic amines) is 1. The summed E-state index contributed by atoms with van der Waals surface area (Å²) in [5.74, 6) is 0.810. The smallest absolute Gasteiger partial charge is 0.409 e. The molecule has 8 heteroatoms. The Morgan fingerprint density at radius 3 is 2.54 bits per heavy atom. The third-order valence-corrected chi connectivity index (χ3v) is 5.07. The predicted octanol–water partition coefficient (Wildman–Crippen LogP) is 1.36. The molecule has 8 nitrogen and oxygen atoms in total. The highest BCUT2D eigenvalue weighted by Crippen LogP contribution is 2.24. The topological polar surface area (TPSA) is 84.4 Å². The van der Waals surface area contributed by atoms with E-state index in [1.807, 2.05) is 6.92 Å². The minimum atomic E-state index is -0.228. The van der Waals surface area contributed by atoms with Crippen molar-refractivity contribution in [3.05, 3.63) is 0 Å². The molecule has 2 heterocycles. The molecule has 2 saturated heterocycles. The quantitative estimate of drug-likeness (QED) is 0.542. The van der Waals surface area contributed by atoms with E-state index in [0.717, 1.165) is 51.4 Å². The maximum atomic E-state index is 11.8. The minimum absolute atomic E-state index is 0.215. The van der Waals surface area contributed by atoms with Crippen molar-refractivity contribution < 1.29 is 19.0 Å². The maximum absolute atomic E-state index is 11.8. The molecule has 2 N–H and O–H groups in total. The van der Waals surface area contributed by atoms with Crippen LogP contribution in [0, 0.1) is 0 Å². The molecule has 0 saturated carbocycles. The van der Waals surface area contributed by atoms with E-state index in [0.29, 0.717) is 32.3 Å².